The third kappa shape index (κ3) is 6.55. The molecular formula is C16H26BrN. The Kier molecular flexibility index (Phi) is 6.95. The number of nitrogens with one attached hydrogen (secondary N) is 1. The van der Waals surface area contributed by atoms with Gasteiger partial charge in [0, 0.05) is 17.6 Å². The summed E-state index contributed by atoms with van der Waals surface area (Å²) in [5.41, 5.74) is 1.76. The standard InChI is InChI=1S/C16H26BrN/c1-4-5-6-11-16(2,3)13-18-12-14-7-9-15(17)10-8-14/h7-10,18H,4-6,11-13H2,1-3H3. The summed E-state index contributed by atoms with van der Waals surface area (Å²) in [4.78, 5) is 0. The number of halogens is 1. The molecular weight excluding hydrogens is 286 g/mol. The van der Waals surface area contributed by atoms with Gasteiger partial charge in [0.2, 0.25) is 0 Å². The maximum absolute atomic E-state index is 3.57. The lowest BCUT2D eigenvalue weighted by molar-refractivity contribution is 0.302. The average Bonchev–Trinajstić information content (AvgIpc) is 2.32. The second kappa shape index (κ2) is 7.96. The van der Waals surface area contributed by atoms with E-state index in [0.29, 0.717) is 5.41 Å². The molecule has 0 aliphatic rings. The minimum absolute atomic E-state index is 0.407. The van der Waals surface area contributed by atoms with Gasteiger partial charge < -0.3 is 5.32 Å². The van der Waals surface area contributed by atoms with E-state index in [-0.39, 0.29) is 0 Å². The predicted molar refractivity (Wildman–Crippen MR) is 83.8 cm³/mol. The molecule has 1 aromatic carbocycles. The topological polar surface area (TPSA) is 12.0 Å². The van der Waals surface area contributed by atoms with Crippen molar-refractivity contribution in [3.63, 3.8) is 0 Å². The summed E-state index contributed by atoms with van der Waals surface area (Å²) in [5, 5.41) is 3.57. The molecule has 0 unspecified atom stereocenters. The highest BCUT2D eigenvalue weighted by Gasteiger charge is 2.16. The molecule has 1 rings (SSSR count). The average molecular weight is 312 g/mol. The second-order valence-electron chi connectivity index (χ2n) is 5.85. The summed E-state index contributed by atoms with van der Waals surface area (Å²) in [6.45, 7) is 9.03. The van der Waals surface area contributed by atoms with Crippen molar-refractivity contribution < 1.29 is 0 Å². The maximum atomic E-state index is 3.57. The van der Waals surface area contributed by atoms with Crippen molar-refractivity contribution in [1.29, 1.82) is 0 Å². The molecule has 0 aliphatic carbocycles. The van der Waals surface area contributed by atoms with E-state index in [4.69, 9.17) is 0 Å². The van der Waals surface area contributed by atoms with Crippen molar-refractivity contribution in [2.45, 2.75) is 53.0 Å². The minimum atomic E-state index is 0.407. The lowest BCUT2D eigenvalue weighted by atomic mass is 9.87. The first-order valence-electron chi connectivity index (χ1n) is 6.99. The zero-order valence-electron chi connectivity index (χ0n) is 11.9. The summed E-state index contributed by atoms with van der Waals surface area (Å²) in [6.07, 6.45) is 5.33. The van der Waals surface area contributed by atoms with Gasteiger partial charge >= 0.3 is 0 Å². The molecule has 0 heterocycles. The minimum Gasteiger partial charge on any atom is -0.312 e. The van der Waals surface area contributed by atoms with E-state index >= 15 is 0 Å². The van der Waals surface area contributed by atoms with Crippen molar-refractivity contribution in [2.24, 2.45) is 5.41 Å². The summed E-state index contributed by atoms with van der Waals surface area (Å²) < 4.78 is 1.14. The van der Waals surface area contributed by atoms with Gasteiger partial charge in [-0.25, -0.2) is 0 Å². The van der Waals surface area contributed by atoms with Crippen LogP contribution in [0.5, 0.6) is 0 Å². The van der Waals surface area contributed by atoms with Gasteiger partial charge in [-0.15, -0.1) is 0 Å². The zero-order chi connectivity index (χ0) is 13.4. The largest absolute Gasteiger partial charge is 0.312 e. The maximum Gasteiger partial charge on any atom is 0.0205 e. The van der Waals surface area contributed by atoms with E-state index in [9.17, 15) is 0 Å². The van der Waals surface area contributed by atoms with Crippen LogP contribution in [-0.4, -0.2) is 6.54 Å². The summed E-state index contributed by atoms with van der Waals surface area (Å²) >= 11 is 3.46. The molecule has 0 atom stereocenters. The number of benzene rings is 1. The Labute approximate surface area is 120 Å². The van der Waals surface area contributed by atoms with Crippen LogP contribution >= 0.6 is 15.9 Å². The first-order chi connectivity index (χ1) is 8.53. The molecule has 0 spiro atoms. The van der Waals surface area contributed by atoms with E-state index in [0.717, 1.165) is 17.6 Å². The van der Waals surface area contributed by atoms with Crippen LogP contribution in [0, 0.1) is 5.41 Å². The van der Waals surface area contributed by atoms with Crippen LogP contribution in [0.1, 0.15) is 52.0 Å². The zero-order valence-corrected chi connectivity index (χ0v) is 13.5. The molecule has 1 aromatic rings. The molecule has 2 heteroatoms. The van der Waals surface area contributed by atoms with Crippen molar-refractivity contribution >= 4 is 15.9 Å². The van der Waals surface area contributed by atoms with Crippen LogP contribution in [0.2, 0.25) is 0 Å². The first-order valence-corrected chi connectivity index (χ1v) is 7.78. The Balaban J connectivity index is 2.25. The van der Waals surface area contributed by atoms with Crippen molar-refractivity contribution in [1.82, 2.24) is 5.32 Å². The molecule has 102 valence electrons. The van der Waals surface area contributed by atoms with Crippen molar-refractivity contribution in [3.05, 3.63) is 34.3 Å². The number of rotatable bonds is 8. The lowest BCUT2D eigenvalue weighted by Crippen LogP contribution is -2.29. The smallest absolute Gasteiger partial charge is 0.0205 e. The van der Waals surface area contributed by atoms with Gasteiger partial charge in [0.05, 0.1) is 0 Å². The third-order valence-corrected chi connectivity index (χ3v) is 3.83. The molecule has 1 N–H and O–H groups in total. The van der Waals surface area contributed by atoms with E-state index in [1.165, 1.54) is 31.2 Å². The Morgan fingerprint density at radius 1 is 1.11 bits per heavy atom. The predicted octanol–water partition coefficient (Wildman–Crippen LogP) is 5.15. The monoisotopic (exact) mass is 311 g/mol. The number of unbranched alkanes of at least 4 members (excludes halogenated alkanes) is 2. The summed E-state index contributed by atoms with van der Waals surface area (Å²) in [5.74, 6) is 0. The van der Waals surface area contributed by atoms with Crippen LogP contribution in [0.15, 0.2) is 28.7 Å². The normalized spacial score (nSPS) is 11.8. The highest BCUT2D eigenvalue weighted by Crippen LogP contribution is 2.22. The van der Waals surface area contributed by atoms with Crippen molar-refractivity contribution in [3.8, 4) is 0 Å². The molecule has 1 nitrogen and oxygen atoms in total. The van der Waals surface area contributed by atoms with Gasteiger partial charge in [-0.2, -0.15) is 0 Å². The van der Waals surface area contributed by atoms with Gasteiger partial charge in [-0.05, 0) is 29.5 Å². The molecule has 0 fully saturated rings. The fourth-order valence-electron chi connectivity index (χ4n) is 2.09. The molecule has 0 aromatic heterocycles. The molecule has 0 radical (unpaired) electrons. The quantitative estimate of drug-likeness (QED) is 0.655. The van der Waals surface area contributed by atoms with Gasteiger partial charge in [0.25, 0.3) is 0 Å². The fraction of sp³-hybridized carbons (Fsp3) is 0.625. The third-order valence-electron chi connectivity index (χ3n) is 3.30. The van der Waals surface area contributed by atoms with E-state index < -0.39 is 0 Å². The van der Waals surface area contributed by atoms with Crippen LogP contribution < -0.4 is 5.32 Å². The van der Waals surface area contributed by atoms with Gasteiger partial charge in [0.1, 0.15) is 0 Å². The van der Waals surface area contributed by atoms with Gasteiger partial charge in [-0.1, -0.05) is 68.1 Å². The van der Waals surface area contributed by atoms with Crippen LogP contribution in [0.3, 0.4) is 0 Å². The van der Waals surface area contributed by atoms with E-state index in [1.807, 2.05) is 0 Å². The number of hydrogen-bond acceptors (Lipinski definition) is 1. The van der Waals surface area contributed by atoms with Gasteiger partial charge in [-0.3, -0.25) is 0 Å². The Morgan fingerprint density at radius 3 is 2.39 bits per heavy atom. The van der Waals surface area contributed by atoms with Crippen LogP contribution in [0.25, 0.3) is 0 Å². The molecule has 0 saturated carbocycles. The van der Waals surface area contributed by atoms with Gasteiger partial charge in [0.15, 0.2) is 0 Å². The summed E-state index contributed by atoms with van der Waals surface area (Å²) in [7, 11) is 0. The first kappa shape index (κ1) is 15.7. The van der Waals surface area contributed by atoms with Crippen LogP contribution in [-0.2, 0) is 6.54 Å². The molecule has 0 amide bonds. The summed E-state index contributed by atoms with van der Waals surface area (Å²) in [6, 6.07) is 8.54. The fourth-order valence-corrected chi connectivity index (χ4v) is 2.35. The second-order valence-corrected chi connectivity index (χ2v) is 6.77. The number of hydrogen-bond donors (Lipinski definition) is 1. The Bertz CT molecular complexity index is 329. The SMILES string of the molecule is CCCCCC(C)(C)CNCc1ccc(Br)cc1. The molecule has 0 aliphatic heterocycles. The van der Waals surface area contributed by atoms with Crippen molar-refractivity contribution in [2.75, 3.05) is 6.54 Å². The Morgan fingerprint density at radius 2 is 1.78 bits per heavy atom. The van der Waals surface area contributed by atoms with Crippen LogP contribution in [0.4, 0.5) is 0 Å². The van der Waals surface area contributed by atoms with E-state index in [2.05, 4.69) is 66.3 Å². The molecule has 0 saturated heterocycles. The highest BCUT2D eigenvalue weighted by atomic mass is 79.9. The highest BCUT2D eigenvalue weighted by molar-refractivity contribution is 9.10. The lowest BCUT2D eigenvalue weighted by Gasteiger charge is -2.25. The van der Waals surface area contributed by atoms with E-state index in [1.54, 1.807) is 0 Å². The molecule has 18 heavy (non-hydrogen) atoms. The molecule has 0 bridgehead atoms. The Hall–Kier alpha value is -0.340.